The Bertz CT molecular complexity index is 2160. The molecule has 0 aromatic carbocycles. The van der Waals surface area contributed by atoms with Gasteiger partial charge in [0.15, 0.2) is 5.78 Å². The monoisotopic (exact) mass is 872 g/mol. The van der Waals surface area contributed by atoms with Gasteiger partial charge in [0.05, 0.1) is 13.5 Å². The molecule has 3 aromatic heterocycles. The van der Waals surface area contributed by atoms with Crippen LogP contribution in [0.15, 0.2) is 18.2 Å². The number of hydrogen-bond acceptors (Lipinski definition) is 9. The predicted molar refractivity (Wildman–Crippen MR) is 218 cm³/mol. The van der Waals surface area contributed by atoms with E-state index in [0.717, 1.165) is 23.4 Å². The SMILES string of the molecule is CC[C@H]1c2cc3[n-]c(c(CC(=O)OC)c4nc(cc5[n-]c(cc(n2)[C@@H]1C)c(C(C)=O)c5C)[C@@H](C)[C@@H]4CCC(=O)NCCN(C)C)c(C(=O)NCCN(C)C)c3C.[Pd+2]. The van der Waals surface area contributed by atoms with Crippen molar-refractivity contribution in [1.29, 1.82) is 0 Å². The number of amides is 2. The van der Waals surface area contributed by atoms with E-state index in [1.165, 1.54) is 7.11 Å². The summed E-state index contributed by atoms with van der Waals surface area (Å²) in [4.78, 5) is 78.4. The van der Waals surface area contributed by atoms with Crippen molar-refractivity contribution in [3.05, 3.63) is 68.8 Å². The molecule has 310 valence electrons. The fourth-order valence-electron chi connectivity index (χ4n) is 7.96. The summed E-state index contributed by atoms with van der Waals surface area (Å²) in [6.07, 6.45) is 1.26. The van der Waals surface area contributed by atoms with Crippen LogP contribution in [0.1, 0.15) is 131 Å². The van der Waals surface area contributed by atoms with Gasteiger partial charge in [0, 0.05) is 90.2 Å². The summed E-state index contributed by atoms with van der Waals surface area (Å²) in [5, 5.41) is 6.09. The number of aryl methyl sites for hydroxylation is 2. The molecule has 0 unspecified atom stereocenters. The quantitative estimate of drug-likeness (QED) is 0.127. The van der Waals surface area contributed by atoms with Crippen molar-refractivity contribution in [2.24, 2.45) is 0 Å². The standard InChI is InChI=1S/C43H60N8O5.Pd/c1-12-28-23(2)31-22-36-39(27(6)52)25(4)33(47-36)20-32-24(3)29(13-14-37(53)44-15-17-50(7)8)41(48-32)30(19-38(54)56-11)42-40(43(55)45-16-18-51(9)10)26(5)34(49-42)21-35(28)46-31;/h20-24,28-29H,12-19H2,1-11H3,(H4,44,45,46,47,48,49,52,53,55);/q;+2/p-2/t23-,24+,28-,29+;/m1./s1. The number of carbonyl (C=O) groups excluding carboxylic acids is 4. The minimum Gasteiger partial charge on any atom is -0.657 e. The number of carbonyl (C=O) groups is 4. The molecular formula is C43H58N8O5Pd. The Morgan fingerprint density at radius 1 is 0.789 bits per heavy atom. The number of fused-ring (bicyclic) bond motifs is 8. The molecule has 5 rings (SSSR count). The normalized spacial score (nSPS) is 17.7. The van der Waals surface area contributed by atoms with Gasteiger partial charge in [-0.25, -0.2) is 0 Å². The van der Waals surface area contributed by atoms with Crippen LogP contribution in [0.25, 0.3) is 22.1 Å². The van der Waals surface area contributed by atoms with Crippen molar-refractivity contribution in [3.63, 3.8) is 0 Å². The first-order valence-electron chi connectivity index (χ1n) is 19.6. The van der Waals surface area contributed by atoms with Gasteiger partial charge in [-0.05, 0) is 67.4 Å². The third-order valence-corrected chi connectivity index (χ3v) is 11.3. The number of hydrogen-bond donors (Lipinski definition) is 2. The van der Waals surface area contributed by atoms with E-state index < -0.39 is 5.97 Å². The Labute approximate surface area is 350 Å². The molecule has 0 aliphatic carbocycles. The van der Waals surface area contributed by atoms with Crippen LogP contribution >= 0.6 is 0 Å². The van der Waals surface area contributed by atoms with Gasteiger partial charge in [-0.15, -0.1) is 22.1 Å². The van der Waals surface area contributed by atoms with E-state index >= 15 is 0 Å². The van der Waals surface area contributed by atoms with Crippen molar-refractivity contribution in [2.45, 2.75) is 90.9 Å². The van der Waals surface area contributed by atoms with Crippen molar-refractivity contribution < 1.29 is 44.3 Å². The third-order valence-electron chi connectivity index (χ3n) is 11.3. The molecule has 14 heteroatoms. The second-order valence-corrected chi connectivity index (χ2v) is 15.8. The minimum atomic E-state index is -0.508. The number of nitrogens with one attached hydrogen (secondary N) is 2. The molecule has 3 aromatic rings. The van der Waals surface area contributed by atoms with Crippen molar-refractivity contribution in [1.82, 2.24) is 40.4 Å². The van der Waals surface area contributed by atoms with Gasteiger partial charge in [0.25, 0.3) is 0 Å². The van der Waals surface area contributed by atoms with E-state index in [0.29, 0.717) is 88.3 Å². The first-order chi connectivity index (χ1) is 26.6. The number of nitrogens with zero attached hydrogens (tertiary/aromatic N) is 6. The van der Waals surface area contributed by atoms with Crippen LogP contribution in [0, 0.1) is 13.8 Å². The maximum atomic E-state index is 14.2. The molecule has 8 bridgehead atoms. The average molecular weight is 873 g/mol. The maximum Gasteiger partial charge on any atom is 2.00 e. The van der Waals surface area contributed by atoms with Crippen molar-refractivity contribution in [2.75, 3.05) is 61.5 Å². The van der Waals surface area contributed by atoms with Gasteiger partial charge >= 0.3 is 26.4 Å². The Balaban J connectivity index is 0.00000720. The Morgan fingerprint density at radius 2 is 1.35 bits per heavy atom. The second kappa shape index (κ2) is 19.5. The van der Waals surface area contributed by atoms with E-state index in [4.69, 9.17) is 24.7 Å². The molecular weight excluding hydrogens is 815 g/mol. The number of likely N-dealkylation sites (N-methyl/N-ethyl adjacent to an activating group) is 2. The molecule has 2 N–H and O–H groups in total. The topological polar surface area (TPSA) is 162 Å². The van der Waals surface area contributed by atoms with Crippen LogP contribution in [-0.2, 0) is 41.2 Å². The Hall–Kier alpha value is -4.22. The fourth-order valence-corrected chi connectivity index (χ4v) is 7.96. The smallest absolute Gasteiger partial charge is 0.657 e. The molecule has 2 aliphatic rings. The van der Waals surface area contributed by atoms with Crippen LogP contribution in [0.2, 0.25) is 0 Å². The van der Waals surface area contributed by atoms with Crippen LogP contribution in [-0.4, -0.2) is 105 Å². The van der Waals surface area contributed by atoms with Gasteiger partial charge in [-0.2, -0.15) is 0 Å². The number of rotatable bonds is 14. The zero-order valence-electron chi connectivity index (χ0n) is 35.2. The summed E-state index contributed by atoms with van der Waals surface area (Å²) in [5.41, 5.74) is 7.81. The van der Waals surface area contributed by atoms with E-state index in [1.54, 1.807) is 6.92 Å². The number of methoxy groups -OCH3 is 1. The van der Waals surface area contributed by atoms with Gasteiger partial charge in [0.1, 0.15) is 0 Å². The van der Waals surface area contributed by atoms with E-state index in [1.807, 2.05) is 77.0 Å². The van der Waals surface area contributed by atoms with Crippen LogP contribution in [0.5, 0.6) is 0 Å². The molecule has 0 spiro atoms. The molecule has 5 heterocycles. The zero-order valence-corrected chi connectivity index (χ0v) is 36.8. The summed E-state index contributed by atoms with van der Waals surface area (Å²) in [7, 11) is 9.12. The second-order valence-electron chi connectivity index (χ2n) is 15.8. The summed E-state index contributed by atoms with van der Waals surface area (Å²) in [6, 6.07) is 5.79. The number of Topliss-reactive ketones (excluding diaryl/α,β-unsaturated/α-hetero) is 1. The molecule has 0 saturated heterocycles. The zero-order chi connectivity index (χ0) is 41.0. The Morgan fingerprint density at radius 3 is 1.96 bits per heavy atom. The number of ketones is 1. The van der Waals surface area contributed by atoms with Crippen molar-refractivity contribution >= 4 is 45.6 Å². The van der Waals surface area contributed by atoms with Gasteiger partial charge in [0.2, 0.25) is 11.8 Å². The van der Waals surface area contributed by atoms with Gasteiger partial charge in [-0.1, -0.05) is 50.1 Å². The molecule has 0 radical (unpaired) electrons. The largest absolute Gasteiger partial charge is 2.00 e. The van der Waals surface area contributed by atoms with E-state index in [-0.39, 0.29) is 74.5 Å². The molecule has 2 aliphatic heterocycles. The summed E-state index contributed by atoms with van der Waals surface area (Å²) in [6.45, 7) is 13.9. The Kier molecular flexibility index (Phi) is 15.5. The number of ether oxygens (including phenoxy) is 1. The van der Waals surface area contributed by atoms with Crippen LogP contribution < -0.4 is 20.6 Å². The van der Waals surface area contributed by atoms with Crippen molar-refractivity contribution in [3.8, 4) is 0 Å². The van der Waals surface area contributed by atoms with Gasteiger partial charge in [-0.3, -0.25) is 29.1 Å². The molecule has 0 fully saturated rings. The van der Waals surface area contributed by atoms with E-state index in [2.05, 4.69) is 24.5 Å². The van der Waals surface area contributed by atoms with Crippen LogP contribution in [0.4, 0.5) is 0 Å². The molecule has 57 heavy (non-hydrogen) atoms. The first-order valence-corrected chi connectivity index (χ1v) is 19.6. The first kappa shape index (κ1) is 45.5. The third kappa shape index (κ3) is 10.1. The maximum absolute atomic E-state index is 14.2. The summed E-state index contributed by atoms with van der Waals surface area (Å²) in [5.74, 6) is -1.43. The van der Waals surface area contributed by atoms with Gasteiger partial charge < -0.3 is 35.1 Å². The molecule has 2 amide bonds. The minimum absolute atomic E-state index is 0. The molecule has 0 saturated carbocycles. The summed E-state index contributed by atoms with van der Waals surface area (Å²) >= 11 is 0. The molecule has 4 atom stereocenters. The average Bonchev–Trinajstić information content (AvgIpc) is 3.82. The predicted octanol–water partition coefficient (Wildman–Crippen LogP) is 5.04. The molecule has 13 nitrogen and oxygen atoms in total. The number of aromatic nitrogens is 4. The van der Waals surface area contributed by atoms with E-state index in [9.17, 15) is 19.2 Å². The fraction of sp³-hybridized carbons (Fsp3) is 0.535. The van der Waals surface area contributed by atoms with Crippen LogP contribution in [0.3, 0.4) is 0 Å². The summed E-state index contributed by atoms with van der Waals surface area (Å²) < 4.78 is 5.24. The number of esters is 1.